The lowest BCUT2D eigenvalue weighted by atomic mass is 10.4. The topological polar surface area (TPSA) is 32.7 Å². The molecule has 1 aromatic carbocycles. The van der Waals surface area contributed by atoms with Crippen LogP contribution in [0.2, 0.25) is 5.02 Å². The van der Waals surface area contributed by atoms with Crippen molar-refractivity contribution in [1.29, 1.82) is 0 Å². The fraction of sp³-hybridized carbons (Fsp3) is 0.429. The average Bonchev–Trinajstić information content (AvgIpc) is 3.00. The molecule has 3 nitrogen and oxygen atoms in total. The van der Waals surface area contributed by atoms with E-state index in [0.717, 1.165) is 47.9 Å². The highest BCUT2D eigenvalue weighted by atomic mass is 35.5. The maximum atomic E-state index is 11.5. The minimum Gasteiger partial charge on any atom is -0.343 e. The molecular formula is C14H15ClN2OS2. The van der Waals surface area contributed by atoms with E-state index >= 15 is 0 Å². The van der Waals surface area contributed by atoms with Crippen LogP contribution in [0.15, 0.2) is 23.2 Å². The summed E-state index contributed by atoms with van der Waals surface area (Å²) >= 11 is 9.37. The number of rotatable bonds is 4. The van der Waals surface area contributed by atoms with Crippen LogP contribution in [0.3, 0.4) is 0 Å². The fourth-order valence-corrected chi connectivity index (χ4v) is 4.82. The van der Waals surface area contributed by atoms with Crippen molar-refractivity contribution < 1.29 is 4.79 Å². The molecule has 0 saturated carbocycles. The molecule has 6 heteroatoms. The lowest BCUT2D eigenvalue weighted by Crippen LogP contribution is -2.26. The highest BCUT2D eigenvalue weighted by Gasteiger charge is 2.18. The van der Waals surface area contributed by atoms with E-state index in [1.54, 1.807) is 22.7 Å². The highest BCUT2D eigenvalue weighted by molar-refractivity contribution is 7.35. The van der Waals surface area contributed by atoms with E-state index in [4.69, 9.17) is 11.6 Å². The van der Waals surface area contributed by atoms with Gasteiger partial charge in [0.15, 0.2) is 3.98 Å². The predicted octanol–water partition coefficient (Wildman–Crippen LogP) is 3.53. The molecule has 1 amide bonds. The van der Waals surface area contributed by atoms with Crippen molar-refractivity contribution in [3.05, 3.63) is 27.2 Å². The summed E-state index contributed by atoms with van der Waals surface area (Å²) < 4.78 is 3.50. The third-order valence-corrected chi connectivity index (χ3v) is 5.90. The number of fused-ring (bicyclic) bond motifs is 1. The lowest BCUT2D eigenvalue weighted by molar-refractivity contribution is -0.127. The van der Waals surface area contributed by atoms with Crippen molar-refractivity contribution in [2.45, 2.75) is 19.3 Å². The van der Waals surface area contributed by atoms with E-state index in [-0.39, 0.29) is 0 Å². The number of hydrogen-bond acceptors (Lipinski definition) is 4. The van der Waals surface area contributed by atoms with Gasteiger partial charge in [-0.3, -0.25) is 9.79 Å². The smallest absolute Gasteiger partial charge is 0.222 e. The van der Waals surface area contributed by atoms with Gasteiger partial charge in [0.2, 0.25) is 5.91 Å². The van der Waals surface area contributed by atoms with Crippen LogP contribution >= 0.6 is 34.3 Å². The number of hydrogen-bond donors (Lipinski definition) is 0. The van der Waals surface area contributed by atoms with Crippen LogP contribution in [0, 0.1) is 0 Å². The van der Waals surface area contributed by atoms with Gasteiger partial charge in [-0.05, 0) is 31.0 Å². The first-order chi connectivity index (χ1) is 9.72. The Morgan fingerprint density at radius 2 is 2.15 bits per heavy atom. The maximum absolute atomic E-state index is 11.5. The van der Waals surface area contributed by atoms with Crippen LogP contribution in [0.1, 0.15) is 19.3 Å². The maximum Gasteiger partial charge on any atom is 0.222 e. The summed E-state index contributed by atoms with van der Waals surface area (Å²) in [6.45, 7) is 2.54. The van der Waals surface area contributed by atoms with E-state index in [1.807, 2.05) is 23.1 Å². The Kier molecular flexibility index (Phi) is 4.38. The number of carbonyl (C=O) groups is 1. The summed E-state index contributed by atoms with van der Waals surface area (Å²) in [5, 5.41) is 0.769. The normalized spacial score (nSPS) is 16.6. The van der Waals surface area contributed by atoms with Crippen LogP contribution in [0.5, 0.6) is 0 Å². The zero-order chi connectivity index (χ0) is 13.9. The third-order valence-electron chi connectivity index (χ3n) is 3.30. The summed E-state index contributed by atoms with van der Waals surface area (Å²) in [6, 6.07) is 5.94. The van der Waals surface area contributed by atoms with Gasteiger partial charge in [0.1, 0.15) is 0 Å². The van der Waals surface area contributed by atoms with Gasteiger partial charge in [-0.1, -0.05) is 11.6 Å². The summed E-state index contributed by atoms with van der Waals surface area (Å²) in [5.74, 6) is 0.296. The number of carbonyl (C=O) groups excluding carboxylic acids is 1. The van der Waals surface area contributed by atoms with Crippen LogP contribution in [-0.4, -0.2) is 30.4 Å². The number of nitrogens with zero attached hydrogens (tertiary/aromatic N) is 2. The fourth-order valence-electron chi connectivity index (χ4n) is 2.29. The van der Waals surface area contributed by atoms with Crippen molar-refractivity contribution >= 4 is 49.6 Å². The first kappa shape index (κ1) is 14.0. The molecule has 0 aliphatic carbocycles. The zero-order valence-electron chi connectivity index (χ0n) is 11.0. The largest absolute Gasteiger partial charge is 0.343 e. The Labute approximate surface area is 130 Å². The minimum absolute atomic E-state index is 0.296. The average molecular weight is 327 g/mol. The highest BCUT2D eigenvalue weighted by Crippen LogP contribution is 2.24. The first-order valence-corrected chi connectivity index (χ1v) is 8.71. The van der Waals surface area contributed by atoms with Gasteiger partial charge in [-0.25, -0.2) is 0 Å². The van der Waals surface area contributed by atoms with Crippen molar-refractivity contribution in [2.75, 3.05) is 19.6 Å². The quantitative estimate of drug-likeness (QED) is 0.791. The molecule has 1 aromatic heterocycles. The van der Waals surface area contributed by atoms with E-state index in [1.165, 1.54) is 9.40 Å². The zero-order valence-corrected chi connectivity index (χ0v) is 13.4. The van der Waals surface area contributed by atoms with Gasteiger partial charge in [0.05, 0.1) is 0 Å². The predicted molar refractivity (Wildman–Crippen MR) is 85.6 cm³/mol. The Morgan fingerprint density at radius 3 is 2.95 bits per heavy atom. The van der Waals surface area contributed by atoms with Gasteiger partial charge in [-0.15, -0.1) is 22.7 Å². The first-order valence-electron chi connectivity index (χ1n) is 6.70. The Balaban J connectivity index is 1.61. The van der Waals surface area contributed by atoms with Crippen LogP contribution in [0.4, 0.5) is 0 Å². The molecule has 3 rings (SSSR count). The number of halogens is 1. The minimum atomic E-state index is 0.296. The number of benzene rings is 1. The van der Waals surface area contributed by atoms with Crippen molar-refractivity contribution in [3.8, 4) is 0 Å². The monoisotopic (exact) mass is 326 g/mol. The molecule has 0 N–H and O–H groups in total. The second kappa shape index (κ2) is 6.24. The molecular weight excluding hydrogens is 312 g/mol. The molecule has 1 saturated heterocycles. The molecule has 106 valence electrons. The molecule has 2 heterocycles. The van der Waals surface area contributed by atoms with E-state index < -0.39 is 0 Å². The summed E-state index contributed by atoms with van der Waals surface area (Å²) in [7, 11) is 0. The van der Waals surface area contributed by atoms with E-state index in [9.17, 15) is 4.79 Å². The molecule has 0 unspecified atom stereocenters. The van der Waals surface area contributed by atoms with Gasteiger partial charge in [0.25, 0.3) is 0 Å². The third kappa shape index (κ3) is 3.22. The summed E-state index contributed by atoms with van der Waals surface area (Å²) in [5.41, 5.74) is 0. The molecule has 0 radical (unpaired) electrons. The molecule has 0 atom stereocenters. The van der Waals surface area contributed by atoms with Crippen LogP contribution < -0.4 is 3.98 Å². The van der Waals surface area contributed by atoms with Crippen molar-refractivity contribution in [1.82, 2.24) is 4.90 Å². The lowest BCUT2D eigenvalue weighted by Gasteiger charge is -2.13. The second-order valence-electron chi connectivity index (χ2n) is 4.78. The standard InChI is InChI=1S/C14H15ClN2OS2/c15-10-4-5-11-12(9-10)20-14(19-11)16-6-2-8-17-7-1-3-13(17)18/h4-5,9H,1-3,6-8H2. The Hall–Kier alpha value is -0.910. The second-order valence-corrected chi connectivity index (χ2v) is 7.54. The molecule has 20 heavy (non-hydrogen) atoms. The van der Waals surface area contributed by atoms with Gasteiger partial charge >= 0.3 is 0 Å². The molecule has 0 bridgehead atoms. The van der Waals surface area contributed by atoms with E-state index in [0.29, 0.717) is 5.91 Å². The molecule has 2 aromatic rings. The Morgan fingerprint density at radius 1 is 1.30 bits per heavy atom. The van der Waals surface area contributed by atoms with Crippen LogP contribution in [0.25, 0.3) is 9.40 Å². The number of amides is 1. The van der Waals surface area contributed by atoms with Gasteiger partial charge in [-0.2, -0.15) is 0 Å². The van der Waals surface area contributed by atoms with Crippen LogP contribution in [-0.2, 0) is 4.79 Å². The molecule has 0 spiro atoms. The summed E-state index contributed by atoms with van der Waals surface area (Å²) in [4.78, 5) is 18.0. The van der Waals surface area contributed by atoms with Gasteiger partial charge < -0.3 is 4.90 Å². The van der Waals surface area contributed by atoms with E-state index in [2.05, 4.69) is 4.99 Å². The van der Waals surface area contributed by atoms with Crippen molar-refractivity contribution in [3.63, 3.8) is 0 Å². The SMILES string of the molecule is O=C1CCCN1CCCN=c1sc2ccc(Cl)cc2s1. The Bertz CT molecular complexity index is 692. The molecule has 1 aliphatic rings. The summed E-state index contributed by atoms with van der Waals surface area (Å²) in [6.07, 6.45) is 2.67. The molecule has 1 aliphatic heterocycles. The number of likely N-dealkylation sites (tertiary alicyclic amines) is 1. The van der Waals surface area contributed by atoms with Gasteiger partial charge in [0, 0.05) is 40.5 Å². The van der Waals surface area contributed by atoms with Crippen molar-refractivity contribution in [2.24, 2.45) is 4.99 Å². The molecule has 1 fully saturated rings.